The van der Waals surface area contributed by atoms with Crippen molar-refractivity contribution >= 4 is 28.3 Å². The van der Waals surface area contributed by atoms with Gasteiger partial charge in [-0.05, 0) is 25.1 Å². The smallest absolute Gasteiger partial charge is 0.277 e. The molecule has 0 fully saturated rings. The molecule has 8 nitrogen and oxygen atoms in total. The Morgan fingerprint density at radius 2 is 2.00 bits per heavy atom. The Morgan fingerprint density at radius 3 is 2.80 bits per heavy atom. The molecule has 3 aromatic rings. The molecule has 0 unspecified atom stereocenters. The molecule has 2 heterocycles. The summed E-state index contributed by atoms with van der Waals surface area (Å²) in [7, 11) is 0. The quantitative estimate of drug-likeness (QED) is 0.706. The minimum Gasteiger partial charge on any atom is -0.325 e. The van der Waals surface area contributed by atoms with E-state index in [1.165, 1.54) is 19.3 Å². The number of aryl methyl sites for hydroxylation is 1. The largest absolute Gasteiger partial charge is 0.325 e. The van der Waals surface area contributed by atoms with Crippen molar-refractivity contribution in [2.45, 2.75) is 19.9 Å². The van der Waals surface area contributed by atoms with Crippen LogP contribution in [-0.4, -0.2) is 31.7 Å². The fraction of sp³-hybridized carbons (Fsp3) is 0.176. The number of ketones is 1. The Labute approximate surface area is 142 Å². The van der Waals surface area contributed by atoms with Crippen LogP contribution in [0.5, 0.6) is 0 Å². The fourth-order valence-electron chi connectivity index (χ4n) is 2.37. The number of aromatic nitrogens is 4. The topological polar surface area (TPSA) is 107 Å². The monoisotopic (exact) mass is 337 g/mol. The molecule has 0 spiro atoms. The maximum Gasteiger partial charge on any atom is 0.277 e. The van der Waals surface area contributed by atoms with Crippen molar-refractivity contribution in [1.82, 2.24) is 20.0 Å². The van der Waals surface area contributed by atoms with Gasteiger partial charge < -0.3 is 5.32 Å². The van der Waals surface area contributed by atoms with Crippen LogP contribution in [0.3, 0.4) is 0 Å². The SMILES string of the molecule is CC(=O)c1cnccc1NC(=O)CCn1nnc2ccccc2c1=O. The van der Waals surface area contributed by atoms with Crippen LogP contribution in [0.1, 0.15) is 23.7 Å². The summed E-state index contributed by atoms with van der Waals surface area (Å²) in [6, 6.07) is 8.44. The molecule has 2 aromatic heterocycles. The van der Waals surface area contributed by atoms with Gasteiger partial charge in [-0.25, -0.2) is 4.68 Å². The number of hydrogen-bond donors (Lipinski definition) is 1. The van der Waals surface area contributed by atoms with E-state index in [9.17, 15) is 14.4 Å². The van der Waals surface area contributed by atoms with Crippen LogP contribution >= 0.6 is 0 Å². The third-order valence-corrected chi connectivity index (χ3v) is 3.65. The summed E-state index contributed by atoms with van der Waals surface area (Å²) >= 11 is 0. The summed E-state index contributed by atoms with van der Waals surface area (Å²) in [5, 5.41) is 10.9. The summed E-state index contributed by atoms with van der Waals surface area (Å²) in [6.45, 7) is 1.49. The fourth-order valence-corrected chi connectivity index (χ4v) is 2.37. The summed E-state index contributed by atoms with van der Waals surface area (Å²) in [5.41, 5.74) is 0.936. The number of amides is 1. The second-order valence-corrected chi connectivity index (χ2v) is 5.41. The van der Waals surface area contributed by atoms with E-state index in [0.29, 0.717) is 22.2 Å². The molecule has 0 atom stereocenters. The van der Waals surface area contributed by atoms with Gasteiger partial charge in [-0.3, -0.25) is 19.4 Å². The molecule has 0 saturated carbocycles. The van der Waals surface area contributed by atoms with Crippen LogP contribution in [0.25, 0.3) is 10.9 Å². The molecule has 0 bridgehead atoms. The number of benzene rings is 1. The average Bonchev–Trinajstić information content (AvgIpc) is 2.61. The van der Waals surface area contributed by atoms with Crippen molar-refractivity contribution in [1.29, 1.82) is 0 Å². The number of nitrogens with one attached hydrogen (secondary N) is 1. The second-order valence-electron chi connectivity index (χ2n) is 5.41. The zero-order chi connectivity index (χ0) is 17.8. The summed E-state index contributed by atoms with van der Waals surface area (Å²) in [5.74, 6) is -0.532. The maximum atomic E-state index is 12.3. The lowest BCUT2D eigenvalue weighted by molar-refractivity contribution is -0.116. The van der Waals surface area contributed by atoms with E-state index >= 15 is 0 Å². The Balaban J connectivity index is 1.72. The highest BCUT2D eigenvalue weighted by atomic mass is 16.2. The van der Waals surface area contributed by atoms with Crippen molar-refractivity contribution in [3.63, 3.8) is 0 Å². The van der Waals surface area contributed by atoms with E-state index in [4.69, 9.17) is 0 Å². The molecule has 1 N–H and O–H groups in total. The lowest BCUT2D eigenvalue weighted by Crippen LogP contribution is -2.26. The third-order valence-electron chi connectivity index (χ3n) is 3.65. The molecule has 25 heavy (non-hydrogen) atoms. The van der Waals surface area contributed by atoms with Gasteiger partial charge in [0, 0.05) is 18.8 Å². The number of hydrogen-bond acceptors (Lipinski definition) is 6. The Kier molecular flexibility index (Phi) is 4.60. The predicted molar refractivity (Wildman–Crippen MR) is 91.3 cm³/mol. The van der Waals surface area contributed by atoms with E-state index in [1.54, 1.807) is 30.3 Å². The van der Waals surface area contributed by atoms with Gasteiger partial charge in [-0.2, -0.15) is 0 Å². The van der Waals surface area contributed by atoms with Gasteiger partial charge in [0.2, 0.25) is 5.91 Å². The highest BCUT2D eigenvalue weighted by molar-refractivity contribution is 6.03. The van der Waals surface area contributed by atoms with Crippen LogP contribution in [-0.2, 0) is 11.3 Å². The average molecular weight is 337 g/mol. The first-order valence-corrected chi connectivity index (χ1v) is 7.63. The summed E-state index contributed by atoms with van der Waals surface area (Å²) in [6.07, 6.45) is 2.91. The zero-order valence-electron chi connectivity index (χ0n) is 13.5. The van der Waals surface area contributed by atoms with Crippen molar-refractivity contribution in [2.75, 3.05) is 5.32 Å². The molecule has 1 aromatic carbocycles. The van der Waals surface area contributed by atoms with Crippen LogP contribution in [0.2, 0.25) is 0 Å². The van der Waals surface area contributed by atoms with Crippen LogP contribution in [0.15, 0.2) is 47.5 Å². The van der Waals surface area contributed by atoms with Crippen molar-refractivity contribution in [2.24, 2.45) is 0 Å². The van der Waals surface area contributed by atoms with E-state index in [2.05, 4.69) is 20.6 Å². The summed E-state index contributed by atoms with van der Waals surface area (Å²) < 4.78 is 1.15. The lowest BCUT2D eigenvalue weighted by atomic mass is 10.1. The van der Waals surface area contributed by atoms with Crippen LogP contribution in [0.4, 0.5) is 5.69 Å². The normalized spacial score (nSPS) is 10.6. The van der Waals surface area contributed by atoms with E-state index in [0.717, 1.165) is 4.68 Å². The van der Waals surface area contributed by atoms with Crippen molar-refractivity contribution < 1.29 is 9.59 Å². The minimum atomic E-state index is -0.337. The van der Waals surface area contributed by atoms with E-state index < -0.39 is 0 Å². The highest BCUT2D eigenvalue weighted by Gasteiger charge is 2.11. The molecule has 126 valence electrons. The third kappa shape index (κ3) is 3.57. The molecule has 8 heteroatoms. The molecular weight excluding hydrogens is 322 g/mol. The number of pyridine rings is 1. The van der Waals surface area contributed by atoms with Gasteiger partial charge >= 0.3 is 0 Å². The molecule has 0 aliphatic carbocycles. The van der Waals surface area contributed by atoms with Gasteiger partial charge in [0.15, 0.2) is 5.78 Å². The van der Waals surface area contributed by atoms with Crippen molar-refractivity contribution in [3.8, 4) is 0 Å². The van der Waals surface area contributed by atoms with Crippen LogP contribution in [0, 0.1) is 0 Å². The van der Waals surface area contributed by atoms with Gasteiger partial charge in [0.05, 0.1) is 23.2 Å². The highest BCUT2D eigenvalue weighted by Crippen LogP contribution is 2.14. The first-order valence-electron chi connectivity index (χ1n) is 7.63. The molecule has 0 aliphatic rings. The minimum absolute atomic E-state index is 0.0204. The molecule has 0 aliphatic heterocycles. The predicted octanol–water partition coefficient (Wildman–Crippen LogP) is 1.42. The molecular formula is C17H15N5O3. The van der Waals surface area contributed by atoms with Crippen molar-refractivity contribution in [3.05, 3.63) is 58.6 Å². The van der Waals surface area contributed by atoms with E-state index in [-0.39, 0.29) is 30.2 Å². The lowest BCUT2D eigenvalue weighted by Gasteiger charge is -2.09. The summed E-state index contributed by atoms with van der Waals surface area (Å²) in [4.78, 5) is 39.9. The Morgan fingerprint density at radius 1 is 1.20 bits per heavy atom. The molecule has 0 saturated heterocycles. The second kappa shape index (κ2) is 7.00. The van der Waals surface area contributed by atoms with Gasteiger partial charge in [-0.1, -0.05) is 17.3 Å². The zero-order valence-corrected chi connectivity index (χ0v) is 13.5. The number of Topliss-reactive ketones (excluding diaryl/α,β-unsaturated/α-hetero) is 1. The first-order chi connectivity index (χ1) is 12.1. The number of carbonyl (C=O) groups excluding carboxylic acids is 2. The number of carbonyl (C=O) groups is 2. The maximum absolute atomic E-state index is 12.3. The standard InChI is InChI=1S/C17H15N5O3/c1-11(23)13-10-18-8-6-14(13)19-16(24)7-9-22-17(25)12-4-2-3-5-15(12)20-21-22/h2-6,8,10H,7,9H2,1H3,(H,18,19,24). The van der Waals surface area contributed by atoms with Crippen LogP contribution < -0.4 is 10.9 Å². The van der Waals surface area contributed by atoms with Gasteiger partial charge in [0.1, 0.15) is 5.52 Å². The van der Waals surface area contributed by atoms with Gasteiger partial charge in [0.25, 0.3) is 5.56 Å². The Hall–Kier alpha value is -3.42. The first kappa shape index (κ1) is 16.4. The Bertz CT molecular complexity index is 1010. The number of anilines is 1. The number of rotatable bonds is 5. The molecule has 0 radical (unpaired) electrons. The molecule has 1 amide bonds. The van der Waals surface area contributed by atoms with E-state index in [1.807, 2.05) is 0 Å². The number of nitrogens with zero attached hydrogens (tertiary/aromatic N) is 4. The van der Waals surface area contributed by atoms with Gasteiger partial charge in [-0.15, -0.1) is 5.10 Å². The number of fused-ring (bicyclic) bond motifs is 1. The molecule has 3 rings (SSSR count).